The third kappa shape index (κ3) is 2.46. The monoisotopic (exact) mass is 249 g/mol. The Kier molecular flexibility index (Phi) is 3.81. The van der Waals surface area contributed by atoms with Crippen LogP contribution >= 0.6 is 0 Å². The molecule has 0 aromatic carbocycles. The van der Waals surface area contributed by atoms with E-state index in [0.717, 1.165) is 13.0 Å². The molecule has 1 saturated heterocycles. The van der Waals surface area contributed by atoms with Crippen molar-refractivity contribution in [1.82, 2.24) is 9.88 Å². The zero-order valence-electron chi connectivity index (χ0n) is 10.8. The van der Waals surface area contributed by atoms with Crippen molar-refractivity contribution in [3.63, 3.8) is 0 Å². The molecule has 2 atom stereocenters. The third-order valence-electron chi connectivity index (χ3n) is 3.56. The van der Waals surface area contributed by atoms with Gasteiger partial charge in [0.1, 0.15) is 0 Å². The van der Waals surface area contributed by atoms with Crippen molar-refractivity contribution in [3.05, 3.63) is 24.0 Å². The number of rotatable bonds is 2. The Balaban J connectivity index is 2.13. The minimum Gasteiger partial charge on any atom is -0.398 e. The van der Waals surface area contributed by atoms with Gasteiger partial charge in [0.05, 0.1) is 11.7 Å². The number of methoxy groups -OCH3 is 1. The Bertz CT molecular complexity index is 436. The fourth-order valence-corrected chi connectivity index (χ4v) is 2.28. The molecule has 1 aliphatic heterocycles. The number of nitrogens with zero attached hydrogens (tertiary/aromatic N) is 2. The molecule has 2 rings (SSSR count). The number of pyridine rings is 1. The number of nitrogens with two attached hydrogens (primary N) is 1. The summed E-state index contributed by atoms with van der Waals surface area (Å²) in [6.45, 7) is 3.51. The van der Waals surface area contributed by atoms with E-state index in [2.05, 4.69) is 11.9 Å². The lowest BCUT2D eigenvalue weighted by atomic mass is 9.95. The van der Waals surface area contributed by atoms with E-state index in [4.69, 9.17) is 10.5 Å². The van der Waals surface area contributed by atoms with Crippen molar-refractivity contribution in [2.24, 2.45) is 5.92 Å². The van der Waals surface area contributed by atoms with Crippen LogP contribution in [0.15, 0.2) is 18.5 Å². The van der Waals surface area contributed by atoms with Crippen molar-refractivity contribution in [1.29, 1.82) is 0 Å². The third-order valence-corrected chi connectivity index (χ3v) is 3.56. The first-order chi connectivity index (χ1) is 8.63. The summed E-state index contributed by atoms with van der Waals surface area (Å²) >= 11 is 0. The summed E-state index contributed by atoms with van der Waals surface area (Å²) < 4.78 is 5.41. The molecular weight excluding hydrogens is 230 g/mol. The van der Waals surface area contributed by atoms with Crippen LogP contribution in [-0.2, 0) is 4.74 Å². The van der Waals surface area contributed by atoms with Crippen molar-refractivity contribution < 1.29 is 9.53 Å². The number of carbonyl (C=O) groups is 1. The lowest BCUT2D eigenvalue weighted by Crippen LogP contribution is -2.46. The summed E-state index contributed by atoms with van der Waals surface area (Å²) in [6.07, 6.45) is 4.16. The topological polar surface area (TPSA) is 68.5 Å². The van der Waals surface area contributed by atoms with Gasteiger partial charge in [0, 0.05) is 38.3 Å². The van der Waals surface area contributed by atoms with Gasteiger partial charge in [0.25, 0.3) is 5.91 Å². The van der Waals surface area contributed by atoms with Crippen LogP contribution in [0.3, 0.4) is 0 Å². The molecular formula is C13H19N3O2. The Labute approximate surface area is 107 Å². The van der Waals surface area contributed by atoms with Crippen LogP contribution in [0.5, 0.6) is 0 Å². The number of aromatic nitrogens is 1. The fraction of sp³-hybridized carbons (Fsp3) is 0.538. The van der Waals surface area contributed by atoms with Gasteiger partial charge in [0.2, 0.25) is 0 Å². The Morgan fingerprint density at radius 3 is 3.06 bits per heavy atom. The van der Waals surface area contributed by atoms with E-state index in [1.165, 1.54) is 6.20 Å². The second kappa shape index (κ2) is 5.35. The minimum absolute atomic E-state index is 0.0606. The molecule has 1 fully saturated rings. The first-order valence-electron chi connectivity index (χ1n) is 6.15. The van der Waals surface area contributed by atoms with Gasteiger partial charge in [-0.3, -0.25) is 9.78 Å². The molecule has 0 aliphatic carbocycles. The number of hydrogen-bond donors (Lipinski definition) is 1. The number of piperidine rings is 1. The molecule has 98 valence electrons. The van der Waals surface area contributed by atoms with Crippen molar-refractivity contribution in [2.75, 3.05) is 25.9 Å². The number of ether oxygens (including phenoxy) is 1. The molecule has 1 aromatic heterocycles. The normalized spacial score (nSPS) is 24.0. The summed E-state index contributed by atoms with van der Waals surface area (Å²) in [7, 11) is 1.69. The average Bonchev–Trinajstić information content (AvgIpc) is 2.39. The predicted molar refractivity (Wildman–Crippen MR) is 69.1 cm³/mol. The van der Waals surface area contributed by atoms with Crippen LogP contribution in [0.2, 0.25) is 0 Å². The first kappa shape index (κ1) is 12.8. The van der Waals surface area contributed by atoms with E-state index in [1.807, 2.05) is 0 Å². The molecule has 1 amide bonds. The molecule has 2 N–H and O–H groups in total. The highest BCUT2D eigenvalue weighted by Gasteiger charge is 2.29. The van der Waals surface area contributed by atoms with Gasteiger partial charge in [-0.25, -0.2) is 0 Å². The summed E-state index contributed by atoms with van der Waals surface area (Å²) in [5.74, 6) is 0.417. The molecule has 0 saturated carbocycles. The molecule has 5 heteroatoms. The van der Waals surface area contributed by atoms with Gasteiger partial charge in [0.15, 0.2) is 0 Å². The zero-order chi connectivity index (χ0) is 13.1. The lowest BCUT2D eigenvalue weighted by Gasteiger charge is -2.36. The van der Waals surface area contributed by atoms with Crippen LogP contribution in [0, 0.1) is 5.92 Å². The van der Waals surface area contributed by atoms with E-state index in [9.17, 15) is 4.79 Å². The van der Waals surface area contributed by atoms with Crippen LogP contribution in [0.4, 0.5) is 5.69 Å². The van der Waals surface area contributed by atoms with Gasteiger partial charge < -0.3 is 15.4 Å². The number of likely N-dealkylation sites (tertiary alicyclic amines) is 1. The van der Waals surface area contributed by atoms with Crippen LogP contribution < -0.4 is 5.73 Å². The van der Waals surface area contributed by atoms with E-state index in [1.54, 1.807) is 24.3 Å². The number of hydrogen-bond acceptors (Lipinski definition) is 4. The Morgan fingerprint density at radius 2 is 2.39 bits per heavy atom. The molecule has 2 unspecified atom stereocenters. The first-order valence-corrected chi connectivity index (χ1v) is 6.15. The second-order valence-corrected chi connectivity index (χ2v) is 4.75. The molecule has 1 aromatic rings. The Morgan fingerprint density at radius 1 is 1.61 bits per heavy atom. The summed E-state index contributed by atoms with van der Waals surface area (Å²) in [6, 6.07) is 1.65. The molecule has 0 radical (unpaired) electrons. The quantitative estimate of drug-likeness (QED) is 0.854. The van der Waals surface area contributed by atoms with E-state index < -0.39 is 0 Å². The van der Waals surface area contributed by atoms with E-state index in [-0.39, 0.29) is 12.0 Å². The van der Waals surface area contributed by atoms with Crippen molar-refractivity contribution in [2.45, 2.75) is 19.4 Å². The lowest BCUT2D eigenvalue weighted by molar-refractivity contribution is -0.00154. The van der Waals surface area contributed by atoms with Gasteiger partial charge in [-0.15, -0.1) is 0 Å². The van der Waals surface area contributed by atoms with Gasteiger partial charge in [-0.05, 0) is 18.4 Å². The van der Waals surface area contributed by atoms with Gasteiger partial charge >= 0.3 is 0 Å². The zero-order valence-corrected chi connectivity index (χ0v) is 10.8. The van der Waals surface area contributed by atoms with E-state index >= 15 is 0 Å². The number of carbonyl (C=O) groups excluding carboxylic acids is 1. The SMILES string of the molecule is COC1CN(C(=O)c2cnccc2N)CCC1C. The highest BCUT2D eigenvalue weighted by Crippen LogP contribution is 2.22. The van der Waals surface area contributed by atoms with Gasteiger partial charge in [-0.2, -0.15) is 0 Å². The molecule has 5 nitrogen and oxygen atoms in total. The maximum absolute atomic E-state index is 12.3. The minimum atomic E-state index is -0.0606. The average molecular weight is 249 g/mol. The number of amides is 1. The van der Waals surface area contributed by atoms with Gasteiger partial charge in [-0.1, -0.05) is 6.92 Å². The molecule has 18 heavy (non-hydrogen) atoms. The van der Waals surface area contributed by atoms with Crippen molar-refractivity contribution >= 4 is 11.6 Å². The largest absolute Gasteiger partial charge is 0.398 e. The van der Waals surface area contributed by atoms with Crippen LogP contribution in [-0.4, -0.2) is 42.1 Å². The molecule has 0 bridgehead atoms. The molecule has 0 spiro atoms. The van der Waals surface area contributed by atoms with E-state index in [0.29, 0.717) is 23.7 Å². The Hall–Kier alpha value is -1.62. The highest BCUT2D eigenvalue weighted by molar-refractivity contribution is 5.98. The maximum atomic E-state index is 12.3. The number of nitrogen functional groups attached to an aromatic ring is 1. The fourth-order valence-electron chi connectivity index (χ4n) is 2.28. The summed E-state index contributed by atoms with van der Waals surface area (Å²) in [5, 5.41) is 0. The smallest absolute Gasteiger partial charge is 0.257 e. The summed E-state index contributed by atoms with van der Waals surface area (Å²) in [5.41, 5.74) is 6.75. The molecule has 2 heterocycles. The highest BCUT2D eigenvalue weighted by atomic mass is 16.5. The van der Waals surface area contributed by atoms with Crippen LogP contribution in [0.25, 0.3) is 0 Å². The predicted octanol–water partition coefficient (Wildman–Crippen LogP) is 1.16. The number of anilines is 1. The van der Waals surface area contributed by atoms with Crippen molar-refractivity contribution in [3.8, 4) is 0 Å². The summed E-state index contributed by atoms with van der Waals surface area (Å²) in [4.78, 5) is 18.1. The molecule has 1 aliphatic rings. The maximum Gasteiger partial charge on any atom is 0.257 e. The standard InChI is InChI=1S/C13H19N3O2/c1-9-4-6-16(8-12(9)18-2)13(17)10-7-15-5-3-11(10)14/h3,5,7,9,12H,4,6,8H2,1-2H3,(H2,14,15). The second-order valence-electron chi connectivity index (χ2n) is 4.75. The van der Waals surface area contributed by atoms with Crippen LogP contribution in [0.1, 0.15) is 23.7 Å².